The molecule has 0 N–H and O–H groups in total. The molecule has 1 aliphatic rings. The SMILES string of the molecule is Cc1cccc(OCC(=O)N2CCCC(Cc3nc(-c4ccsc4)no3)C2)c1. The van der Waals surface area contributed by atoms with Crippen LogP contribution in [-0.2, 0) is 11.2 Å². The van der Waals surface area contributed by atoms with Gasteiger partial charge in [0.2, 0.25) is 11.7 Å². The minimum atomic E-state index is 0.0238. The van der Waals surface area contributed by atoms with E-state index >= 15 is 0 Å². The zero-order chi connectivity index (χ0) is 19.3. The van der Waals surface area contributed by atoms with E-state index in [0.717, 1.165) is 36.3 Å². The molecule has 28 heavy (non-hydrogen) atoms. The van der Waals surface area contributed by atoms with Gasteiger partial charge in [-0.3, -0.25) is 4.79 Å². The van der Waals surface area contributed by atoms with E-state index in [1.165, 1.54) is 0 Å². The summed E-state index contributed by atoms with van der Waals surface area (Å²) in [7, 11) is 0. The van der Waals surface area contributed by atoms with Gasteiger partial charge in [0.1, 0.15) is 5.75 Å². The number of hydrogen-bond acceptors (Lipinski definition) is 6. The highest BCUT2D eigenvalue weighted by molar-refractivity contribution is 7.08. The minimum Gasteiger partial charge on any atom is -0.484 e. The Morgan fingerprint density at radius 3 is 3.14 bits per heavy atom. The third-order valence-electron chi connectivity index (χ3n) is 4.93. The average Bonchev–Trinajstić information content (AvgIpc) is 3.38. The molecule has 1 aromatic carbocycles. The van der Waals surface area contributed by atoms with E-state index in [9.17, 15) is 4.79 Å². The van der Waals surface area contributed by atoms with Crippen molar-refractivity contribution >= 4 is 17.2 Å². The normalized spacial score (nSPS) is 16.9. The van der Waals surface area contributed by atoms with Gasteiger partial charge in [-0.2, -0.15) is 16.3 Å². The summed E-state index contributed by atoms with van der Waals surface area (Å²) in [5.74, 6) is 2.35. The van der Waals surface area contributed by atoms with Crippen molar-refractivity contribution < 1.29 is 14.1 Å². The molecule has 0 bridgehead atoms. The first-order valence-electron chi connectivity index (χ1n) is 9.50. The molecule has 7 heteroatoms. The first-order chi connectivity index (χ1) is 13.7. The molecular formula is C21H23N3O3S. The molecule has 0 spiro atoms. The molecule has 6 nitrogen and oxygen atoms in total. The van der Waals surface area contributed by atoms with Crippen LogP contribution in [0.15, 0.2) is 45.6 Å². The number of hydrogen-bond donors (Lipinski definition) is 0. The Morgan fingerprint density at radius 1 is 1.39 bits per heavy atom. The second kappa shape index (κ2) is 8.56. The summed E-state index contributed by atoms with van der Waals surface area (Å²) in [5.41, 5.74) is 2.10. The Bertz CT molecular complexity index is 923. The molecule has 1 amide bonds. The fourth-order valence-corrected chi connectivity index (χ4v) is 4.13. The van der Waals surface area contributed by atoms with Gasteiger partial charge in [-0.15, -0.1) is 0 Å². The lowest BCUT2D eigenvalue weighted by molar-refractivity contribution is -0.135. The maximum Gasteiger partial charge on any atom is 0.260 e. The van der Waals surface area contributed by atoms with E-state index in [1.54, 1.807) is 11.3 Å². The number of rotatable bonds is 6. The number of piperidine rings is 1. The lowest BCUT2D eigenvalue weighted by Gasteiger charge is -2.32. The average molecular weight is 398 g/mol. The van der Waals surface area contributed by atoms with Crippen molar-refractivity contribution in [1.29, 1.82) is 0 Å². The van der Waals surface area contributed by atoms with Gasteiger partial charge < -0.3 is 14.2 Å². The van der Waals surface area contributed by atoms with Crippen LogP contribution in [0.5, 0.6) is 5.75 Å². The maximum atomic E-state index is 12.6. The summed E-state index contributed by atoms with van der Waals surface area (Å²) in [6.45, 7) is 3.55. The quantitative estimate of drug-likeness (QED) is 0.630. The molecule has 1 unspecified atom stereocenters. The highest BCUT2D eigenvalue weighted by Crippen LogP contribution is 2.23. The van der Waals surface area contributed by atoms with Crippen LogP contribution in [0.4, 0.5) is 0 Å². The summed E-state index contributed by atoms with van der Waals surface area (Å²) >= 11 is 1.61. The monoisotopic (exact) mass is 397 g/mol. The fraction of sp³-hybridized carbons (Fsp3) is 0.381. The van der Waals surface area contributed by atoms with Gasteiger partial charge in [-0.25, -0.2) is 0 Å². The number of ether oxygens (including phenoxy) is 1. The van der Waals surface area contributed by atoms with Crippen LogP contribution in [0.25, 0.3) is 11.4 Å². The molecule has 0 saturated carbocycles. The van der Waals surface area contributed by atoms with Crippen LogP contribution < -0.4 is 4.74 Å². The topological polar surface area (TPSA) is 68.5 Å². The predicted octanol–water partition coefficient (Wildman–Crippen LogP) is 3.97. The predicted molar refractivity (Wildman–Crippen MR) is 107 cm³/mol. The third-order valence-corrected chi connectivity index (χ3v) is 5.62. The Hall–Kier alpha value is -2.67. The zero-order valence-electron chi connectivity index (χ0n) is 15.8. The Labute approximate surface area is 168 Å². The van der Waals surface area contributed by atoms with E-state index in [1.807, 2.05) is 52.9 Å². The molecular weight excluding hydrogens is 374 g/mol. The van der Waals surface area contributed by atoms with Crippen LogP contribution >= 0.6 is 11.3 Å². The number of aromatic nitrogens is 2. The Kier molecular flexibility index (Phi) is 5.71. The highest BCUT2D eigenvalue weighted by atomic mass is 32.1. The number of benzene rings is 1. The van der Waals surface area contributed by atoms with Crippen LogP contribution in [0.2, 0.25) is 0 Å². The first-order valence-corrected chi connectivity index (χ1v) is 10.4. The molecule has 1 atom stereocenters. The molecule has 146 valence electrons. The summed E-state index contributed by atoms with van der Waals surface area (Å²) in [5, 5.41) is 8.07. The van der Waals surface area contributed by atoms with Gasteiger partial charge in [0.25, 0.3) is 5.91 Å². The summed E-state index contributed by atoms with van der Waals surface area (Å²) < 4.78 is 11.1. The lowest BCUT2D eigenvalue weighted by atomic mass is 9.95. The van der Waals surface area contributed by atoms with Crippen molar-refractivity contribution in [1.82, 2.24) is 15.0 Å². The number of thiophene rings is 1. The molecule has 1 saturated heterocycles. The number of nitrogens with zero attached hydrogens (tertiary/aromatic N) is 3. The Morgan fingerprint density at radius 2 is 2.32 bits per heavy atom. The van der Waals surface area contributed by atoms with Crippen molar-refractivity contribution in [3.8, 4) is 17.1 Å². The van der Waals surface area contributed by atoms with Gasteiger partial charge in [0.05, 0.1) is 0 Å². The van der Waals surface area contributed by atoms with E-state index in [2.05, 4.69) is 10.1 Å². The molecule has 3 aromatic rings. The van der Waals surface area contributed by atoms with E-state index < -0.39 is 0 Å². The van der Waals surface area contributed by atoms with E-state index in [-0.39, 0.29) is 12.5 Å². The highest BCUT2D eigenvalue weighted by Gasteiger charge is 2.26. The Balaban J connectivity index is 1.30. The molecule has 0 aliphatic carbocycles. The van der Waals surface area contributed by atoms with Gasteiger partial charge >= 0.3 is 0 Å². The van der Waals surface area contributed by atoms with E-state index in [0.29, 0.717) is 30.6 Å². The van der Waals surface area contributed by atoms with Crippen LogP contribution in [0.1, 0.15) is 24.3 Å². The second-order valence-corrected chi connectivity index (χ2v) is 7.96. The molecule has 3 heterocycles. The minimum absolute atomic E-state index is 0.0238. The number of amides is 1. The van der Waals surface area contributed by atoms with Crippen molar-refractivity contribution in [2.24, 2.45) is 5.92 Å². The zero-order valence-corrected chi connectivity index (χ0v) is 16.7. The van der Waals surface area contributed by atoms with Crippen molar-refractivity contribution in [2.75, 3.05) is 19.7 Å². The maximum absolute atomic E-state index is 12.6. The van der Waals surface area contributed by atoms with Gasteiger partial charge in [0, 0.05) is 30.5 Å². The number of carbonyl (C=O) groups excluding carboxylic acids is 1. The van der Waals surface area contributed by atoms with Gasteiger partial charge in [-0.05, 0) is 54.8 Å². The number of likely N-dealkylation sites (tertiary alicyclic amines) is 1. The summed E-state index contributed by atoms with van der Waals surface area (Å²) in [6.07, 6.45) is 2.73. The van der Waals surface area contributed by atoms with Crippen LogP contribution in [0, 0.1) is 12.8 Å². The van der Waals surface area contributed by atoms with Crippen molar-refractivity contribution in [3.05, 3.63) is 52.5 Å². The smallest absolute Gasteiger partial charge is 0.260 e. The molecule has 1 aliphatic heterocycles. The largest absolute Gasteiger partial charge is 0.484 e. The lowest BCUT2D eigenvalue weighted by Crippen LogP contribution is -2.42. The second-order valence-electron chi connectivity index (χ2n) is 7.18. The van der Waals surface area contributed by atoms with Crippen molar-refractivity contribution in [3.63, 3.8) is 0 Å². The summed E-state index contributed by atoms with van der Waals surface area (Å²) in [6, 6.07) is 9.73. The van der Waals surface area contributed by atoms with Gasteiger partial charge in [-0.1, -0.05) is 17.3 Å². The standard InChI is InChI=1S/C21H23N3O3S/c1-15-4-2-6-18(10-15)26-13-20(25)24-8-3-5-16(12-24)11-19-22-21(23-27-19)17-7-9-28-14-17/h2,4,6-7,9-10,14,16H,3,5,8,11-13H2,1H3. The van der Waals surface area contributed by atoms with Gasteiger partial charge in [0.15, 0.2) is 6.61 Å². The van der Waals surface area contributed by atoms with Crippen molar-refractivity contribution in [2.45, 2.75) is 26.2 Å². The first kappa shape index (κ1) is 18.7. The third kappa shape index (κ3) is 4.59. The molecule has 0 radical (unpaired) electrons. The fourth-order valence-electron chi connectivity index (χ4n) is 3.49. The number of carbonyl (C=O) groups is 1. The molecule has 2 aromatic heterocycles. The number of aryl methyl sites for hydroxylation is 1. The van der Waals surface area contributed by atoms with Crippen LogP contribution in [0.3, 0.4) is 0 Å². The molecule has 4 rings (SSSR count). The summed E-state index contributed by atoms with van der Waals surface area (Å²) in [4.78, 5) is 19.0. The van der Waals surface area contributed by atoms with E-state index in [4.69, 9.17) is 9.26 Å². The molecule has 1 fully saturated rings. The van der Waals surface area contributed by atoms with Crippen LogP contribution in [-0.4, -0.2) is 40.6 Å².